The fourth-order valence-corrected chi connectivity index (χ4v) is 2.82. The summed E-state index contributed by atoms with van der Waals surface area (Å²) in [5.41, 5.74) is 3.32. The Bertz CT molecular complexity index is 475. The second kappa shape index (κ2) is 6.18. The van der Waals surface area contributed by atoms with Crippen molar-refractivity contribution >= 4 is 0 Å². The Kier molecular flexibility index (Phi) is 4.57. The zero-order valence-corrected chi connectivity index (χ0v) is 12.2. The Labute approximate surface area is 116 Å². The van der Waals surface area contributed by atoms with Gasteiger partial charge in [0, 0.05) is 25.7 Å². The number of benzene rings is 1. The quantitative estimate of drug-likeness (QED) is 0.815. The van der Waals surface area contributed by atoms with Crippen LogP contribution in [-0.4, -0.2) is 42.5 Å². The smallest absolute Gasteiger partial charge is 0.0991 e. The molecule has 1 aliphatic rings. The first-order valence-corrected chi connectivity index (χ1v) is 7.02. The number of likely N-dealkylation sites (N-methyl/N-ethyl adjacent to an activating group) is 1. The monoisotopic (exact) mass is 257 g/mol. The van der Waals surface area contributed by atoms with Crippen LogP contribution in [0.4, 0.5) is 0 Å². The molecule has 1 aromatic rings. The Morgan fingerprint density at radius 2 is 2.16 bits per heavy atom. The second-order valence-corrected chi connectivity index (χ2v) is 5.69. The van der Waals surface area contributed by atoms with Crippen LogP contribution in [0, 0.1) is 18.3 Å². The summed E-state index contributed by atoms with van der Waals surface area (Å²) in [6.45, 7) is 8.88. The van der Waals surface area contributed by atoms with Gasteiger partial charge in [0.1, 0.15) is 0 Å². The SMILES string of the molecule is Cc1cc(C#N)ccc1CN1CCCN(C)CC1C. The Morgan fingerprint density at radius 3 is 2.84 bits per heavy atom. The van der Waals surface area contributed by atoms with E-state index in [4.69, 9.17) is 5.26 Å². The second-order valence-electron chi connectivity index (χ2n) is 5.69. The Morgan fingerprint density at radius 1 is 1.37 bits per heavy atom. The molecule has 1 saturated heterocycles. The topological polar surface area (TPSA) is 30.3 Å². The minimum atomic E-state index is 0.586. The number of aryl methyl sites for hydroxylation is 1. The van der Waals surface area contributed by atoms with Gasteiger partial charge >= 0.3 is 0 Å². The molecule has 0 aromatic heterocycles. The fraction of sp³-hybridized carbons (Fsp3) is 0.562. The summed E-state index contributed by atoms with van der Waals surface area (Å²) in [4.78, 5) is 4.97. The Balaban J connectivity index is 2.10. The van der Waals surface area contributed by atoms with Crippen LogP contribution in [-0.2, 0) is 6.54 Å². The van der Waals surface area contributed by atoms with Crippen LogP contribution in [0.2, 0.25) is 0 Å². The van der Waals surface area contributed by atoms with Crippen LogP contribution in [0.15, 0.2) is 18.2 Å². The van der Waals surface area contributed by atoms with Gasteiger partial charge in [-0.1, -0.05) is 6.07 Å². The van der Waals surface area contributed by atoms with Crippen LogP contribution in [0.3, 0.4) is 0 Å². The zero-order valence-electron chi connectivity index (χ0n) is 12.2. The number of hydrogen-bond donors (Lipinski definition) is 0. The average molecular weight is 257 g/mol. The molecule has 0 spiro atoms. The summed E-state index contributed by atoms with van der Waals surface area (Å²) in [5, 5.41) is 8.92. The maximum Gasteiger partial charge on any atom is 0.0991 e. The van der Waals surface area contributed by atoms with Crippen molar-refractivity contribution in [2.24, 2.45) is 0 Å². The molecule has 1 fully saturated rings. The van der Waals surface area contributed by atoms with Crippen LogP contribution >= 0.6 is 0 Å². The molecule has 0 saturated carbocycles. The maximum atomic E-state index is 8.92. The molecular weight excluding hydrogens is 234 g/mol. The van der Waals surface area contributed by atoms with Gasteiger partial charge in [0.25, 0.3) is 0 Å². The molecule has 3 heteroatoms. The standard InChI is InChI=1S/C16H23N3/c1-13-9-15(10-17)5-6-16(13)12-19-8-4-7-18(3)11-14(19)2/h5-6,9,14H,4,7-8,11-12H2,1-3H3. The summed E-state index contributed by atoms with van der Waals surface area (Å²) in [5.74, 6) is 0. The van der Waals surface area contributed by atoms with Gasteiger partial charge in [-0.15, -0.1) is 0 Å². The summed E-state index contributed by atoms with van der Waals surface area (Å²) >= 11 is 0. The number of hydrogen-bond acceptors (Lipinski definition) is 3. The van der Waals surface area contributed by atoms with Crippen LogP contribution in [0.1, 0.15) is 30.0 Å². The molecule has 0 bridgehead atoms. The first-order valence-electron chi connectivity index (χ1n) is 7.02. The fourth-order valence-electron chi connectivity index (χ4n) is 2.82. The molecule has 3 nitrogen and oxygen atoms in total. The molecule has 0 N–H and O–H groups in total. The number of nitrogens with zero attached hydrogens (tertiary/aromatic N) is 3. The molecule has 0 aliphatic carbocycles. The molecule has 19 heavy (non-hydrogen) atoms. The lowest BCUT2D eigenvalue weighted by atomic mass is 10.0. The van der Waals surface area contributed by atoms with E-state index in [0.29, 0.717) is 6.04 Å². The van der Waals surface area contributed by atoms with E-state index in [-0.39, 0.29) is 0 Å². The van der Waals surface area contributed by atoms with E-state index < -0.39 is 0 Å². The van der Waals surface area contributed by atoms with Crippen molar-refractivity contribution < 1.29 is 0 Å². The highest BCUT2D eigenvalue weighted by molar-refractivity contribution is 5.37. The van der Waals surface area contributed by atoms with Crippen molar-refractivity contribution in [1.29, 1.82) is 5.26 Å². The van der Waals surface area contributed by atoms with Gasteiger partial charge in [0.2, 0.25) is 0 Å². The van der Waals surface area contributed by atoms with E-state index >= 15 is 0 Å². The number of nitriles is 1. The summed E-state index contributed by atoms with van der Waals surface area (Å²) < 4.78 is 0. The highest BCUT2D eigenvalue weighted by Gasteiger charge is 2.19. The lowest BCUT2D eigenvalue weighted by Crippen LogP contribution is -2.37. The predicted molar refractivity (Wildman–Crippen MR) is 77.9 cm³/mol. The van der Waals surface area contributed by atoms with E-state index in [1.54, 1.807) is 0 Å². The van der Waals surface area contributed by atoms with Crippen molar-refractivity contribution in [3.63, 3.8) is 0 Å². The molecule has 1 aliphatic heterocycles. The molecule has 1 aromatic carbocycles. The third-order valence-corrected chi connectivity index (χ3v) is 4.03. The van der Waals surface area contributed by atoms with Gasteiger partial charge in [-0.05, 0) is 57.1 Å². The van der Waals surface area contributed by atoms with E-state index in [2.05, 4.69) is 42.8 Å². The average Bonchev–Trinajstić information content (AvgIpc) is 2.53. The summed E-state index contributed by atoms with van der Waals surface area (Å²) in [7, 11) is 2.20. The highest BCUT2D eigenvalue weighted by atomic mass is 15.2. The molecule has 0 amide bonds. The van der Waals surface area contributed by atoms with Gasteiger partial charge < -0.3 is 4.90 Å². The largest absolute Gasteiger partial charge is 0.305 e. The molecule has 102 valence electrons. The first-order chi connectivity index (χ1) is 9.10. The van der Waals surface area contributed by atoms with Crippen LogP contribution in [0.5, 0.6) is 0 Å². The van der Waals surface area contributed by atoms with E-state index in [1.807, 2.05) is 12.1 Å². The van der Waals surface area contributed by atoms with E-state index in [1.165, 1.54) is 24.1 Å². The van der Waals surface area contributed by atoms with E-state index in [9.17, 15) is 0 Å². The van der Waals surface area contributed by atoms with Gasteiger partial charge in [0.15, 0.2) is 0 Å². The van der Waals surface area contributed by atoms with Crippen molar-refractivity contribution in [1.82, 2.24) is 9.80 Å². The minimum Gasteiger partial charge on any atom is -0.305 e. The third kappa shape index (κ3) is 3.56. The highest BCUT2D eigenvalue weighted by Crippen LogP contribution is 2.17. The van der Waals surface area contributed by atoms with Crippen molar-refractivity contribution in [3.05, 3.63) is 34.9 Å². The van der Waals surface area contributed by atoms with Gasteiger partial charge in [-0.25, -0.2) is 0 Å². The number of rotatable bonds is 2. The Hall–Kier alpha value is -1.37. The van der Waals surface area contributed by atoms with Gasteiger partial charge in [-0.3, -0.25) is 4.90 Å². The van der Waals surface area contributed by atoms with Crippen molar-refractivity contribution in [2.45, 2.75) is 32.9 Å². The molecule has 2 rings (SSSR count). The predicted octanol–water partition coefficient (Wildman–Crippen LogP) is 2.39. The summed E-state index contributed by atoms with van der Waals surface area (Å²) in [6.07, 6.45) is 1.23. The van der Waals surface area contributed by atoms with Crippen molar-refractivity contribution in [3.8, 4) is 6.07 Å². The lowest BCUT2D eigenvalue weighted by Gasteiger charge is -2.28. The molecule has 0 radical (unpaired) electrons. The summed E-state index contributed by atoms with van der Waals surface area (Å²) in [6, 6.07) is 8.81. The minimum absolute atomic E-state index is 0.586. The molecular formula is C16H23N3. The van der Waals surface area contributed by atoms with Crippen molar-refractivity contribution in [2.75, 3.05) is 26.7 Å². The lowest BCUT2D eigenvalue weighted by molar-refractivity contribution is 0.194. The maximum absolute atomic E-state index is 8.92. The molecule has 1 unspecified atom stereocenters. The first kappa shape index (κ1) is 14.0. The van der Waals surface area contributed by atoms with Gasteiger partial charge in [-0.2, -0.15) is 5.26 Å². The molecule has 1 heterocycles. The van der Waals surface area contributed by atoms with Crippen LogP contribution in [0.25, 0.3) is 0 Å². The van der Waals surface area contributed by atoms with E-state index in [0.717, 1.165) is 25.2 Å². The molecule has 1 atom stereocenters. The van der Waals surface area contributed by atoms with Crippen LogP contribution < -0.4 is 0 Å². The zero-order chi connectivity index (χ0) is 13.8. The van der Waals surface area contributed by atoms with Gasteiger partial charge in [0.05, 0.1) is 11.6 Å². The normalized spacial score (nSPS) is 21.9. The third-order valence-electron chi connectivity index (χ3n) is 4.03.